The number of benzene rings is 2. The Morgan fingerprint density at radius 3 is 2.41 bits per heavy atom. The highest BCUT2D eigenvalue weighted by Gasteiger charge is 2.30. The lowest BCUT2D eigenvalue weighted by Gasteiger charge is -2.36. The Hall–Kier alpha value is -3.25. The number of nitrogens with one attached hydrogen (secondary N) is 2. The maximum atomic E-state index is 13.3. The largest absolute Gasteiger partial charge is 0.478 e. The Kier molecular flexibility index (Phi) is 12.2. The fourth-order valence-electron chi connectivity index (χ4n) is 5.69. The second kappa shape index (κ2) is 15.1. The topological polar surface area (TPSA) is 140 Å². The first-order valence-electron chi connectivity index (χ1n) is 15.3. The average Bonchev–Trinajstić information content (AvgIpc) is 2.93. The minimum atomic E-state index is -4.21. The van der Waals surface area contributed by atoms with Crippen LogP contribution in [0.4, 0.5) is 5.95 Å². The predicted molar refractivity (Wildman–Crippen MR) is 183 cm³/mol. The fraction of sp³-hybridized carbons (Fsp3) is 0.500. The van der Waals surface area contributed by atoms with Gasteiger partial charge in [0.1, 0.15) is 6.61 Å². The fourth-order valence-corrected chi connectivity index (χ4v) is 6.68. The van der Waals surface area contributed by atoms with Crippen molar-refractivity contribution in [3.63, 3.8) is 0 Å². The molecule has 0 amide bonds. The lowest BCUT2D eigenvalue weighted by Crippen LogP contribution is -2.45. The van der Waals surface area contributed by atoms with Gasteiger partial charge in [-0.05, 0) is 73.3 Å². The Morgan fingerprint density at radius 1 is 1.11 bits per heavy atom. The predicted octanol–water partition coefficient (Wildman–Crippen LogP) is 6.66. The first kappa shape index (κ1) is 37.2. The van der Waals surface area contributed by atoms with Crippen molar-refractivity contribution in [2.75, 3.05) is 24.5 Å². The lowest BCUT2D eigenvalue weighted by atomic mass is 9.81. The molecule has 3 N–H and O–H groups in total. The van der Waals surface area contributed by atoms with Crippen LogP contribution in [0.25, 0.3) is 11.3 Å². The highest BCUT2D eigenvalue weighted by Crippen LogP contribution is 2.33. The average molecular weight is 675 g/mol. The second-order valence-electron chi connectivity index (χ2n) is 13.9. The molecule has 1 aliphatic heterocycles. The number of sulfonamides is 1. The van der Waals surface area contributed by atoms with Crippen LogP contribution in [0.5, 0.6) is 5.88 Å². The molecule has 0 radical (unpaired) electrons. The molecule has 2 atom stereocenters. The van der Waals surface area contributed by atoms with Gasteiger partial charge >= 0.3 is 5.97 Å². The van der Waals surface area contributed by atoms with Crippen molar-refractivity contribution < 1.29 is 27.8 Å². The summed E-state index contributed by atoms with van der Waals surface area (Å²) in [4.78, 5) is 20.2. The van der Waals surface area contributed by atoms with E-state index in [0.29, 0.717) is 18.8 Å². The number of hydrogen-bond acceptors (Lipinski definition) is 8. The Bertz CT molecular complexity index is 1600. The summed E-state index contributed by atoms with van der Waals surface area (Å²) in [5.41, 5.74) is 3.39. The van der Waals surface area contributed by atoms with E-state index < -0.39 is 16.0 Å². The molecule has 0 saturated carbocycles. The summed E-state index contributed by atoms with van der Waals surface area (Å²) in [6, 6.07) is 12.7. The van der Waals surface area contributed by atoms with Gasteiger partial charge < -0.3 is 19.9 Å². The van der Waals surface area contributed by atoms with Crippen molar-refractivity contribution in [2.24, 2.45) is 10.8 Å². The highest BCUT2D eigenvalue weighted by molar-refractivity contribution is 7.92. The Morgan fingerprint density at radius 2 is 1.78 bits per heavy atom. The number of rotatable bonds is 12. The lowest BCUT2D eigenvalue weighted by molar-refractivity contribution is -0.0363. The van der Waals surface area contributed by atoms with Gasteiger partial charge in [-0.25, -0.2) is 22.9 Å². The zero-order valence-electron chi connectivity index (χ0n) is 27.7. The van der Waals surface area contributed by atoms with Gasteiger partial charge in [0.25, 0.3) is 10.0 Å². The molecule has 3 aromatic rings. The molecule has 2 aromatic carbocycles. The van der Waals surface area contributed by atoms with Crippen LogP contribution in [0.3, 0.4) is 0 Å². The van der Waals surface area contributed by atoms with Gasteiger partial charge in [0.15, 0.2) is 0 Å². The van der Waals surface area contributed by atoms with Gasteiger partial charge in [0.05, 0.1) is 22.3 Å². The minimum absolute atomic E-state index is 0. The van der Waals surface area contributed by atoms with E-state index in [-0.39, 0.29) is 57.7 Å². The molecule has 0 bridgehead atoms. The van der Waals surface area contributed by atoms with Crippen LogP contribution >= 0.6 is 12.4 Å². The van der Waals surface area contributed by atoms with Gasteiger partial charge in [-0.1, -0.05) is 58.9 Å². The number of carbonyl (C=O) groups is 1. The molecule has 0 spiro atoms. The monoisotopic (exact) mass is 674 g/mol. The number of aromatic nitrogens is 2. The van der Waals surface area contributed by atoms with E-state index in [1.807, 2.05) is 32.0 Å². The number of aryl methyl sites for hydroxylation is 2. The first-order chi connectivity index (χ1) is 21.0. The molecule has 1 fully saturated rings. The third kappa shape index (κ3) is 10.4. The maximum Gasteiger partial charge on any atom is 0.335 e. The summed E-state index contributed by atoms with van der Waals surface area (Å²) in [7, 11) is -4.21. The Labute approximate surface area is 279 Å². The smallest absolute Gasteiger partial charge is 0.335 e. The van der Waals surface area contributed by atoms with Crippen molar-refractivity contribution in [2.45, 2.75) is 84.8 Å². The number of ether oxygens (including phenoxy) is 2. The van der Waals surface area contributed by atoms with Crippen LogP contribution < -0.4 is 14.8 Å². The third-order valence-electron chi connectivity index (χ3n) is 7.89. The molecule has 10 nitrogen and oxygen atoms in total. The van der Waals surface area contributed by atoms with Crippen molar-refractivity contribution in [1.82, 2.24) is 15.3 Å². The van der Waals surface area contributed by atoms with E-state index in [2.05, 4.69) is 54.6 Å². The molecule has 1 aliphatic rings. The first-order valence-corrected chi connectivity index (χ1v) is 16.8. The van der Waals surface area contributed by atoms with Crippen molar-refractivity contribution in [1.29, 1.82) is 0 Å². The van der Waals surface area contributed by atoms with Crippen LogP contribution in [-0.4, -0.2) is 61.4 Å². The molecule has 12 heteroatoms. The number of aromatic carboxylic acids is 1. The van der Waals surface area contributed by atoms with E-state index in [1.165, 1.54) is 18.2 Å². The quantitative estimate of drug-likeness (QED) is 0.192. The molecule has 1 unspecified atom stereocenters. The molecular formula is C34H47ClN4O6S. The summed E-state index contributed by atoms with van der Waals surface area (Å²) in [6.45, 7) is 16.8. The summed E-state index contributed by atoms with van der Waals surface area (Å²) in [6.07, 6.45) is 2.97. The summed E-state index contributed by atoms with van der Waals surface area (Å²) >= 11 is 0. The third-order valence-corrected chi connectivity index (χ3v) is 9.22. The SMILES string of the molecule is Cc1cccc(C)c1-c1cc(OC[C@@H](CC(C)(C)C)NCC2CC(C)(C)CCO2)nc(NS(=O)(=O)c2cccc(C(=O)O)c2)n1.Cl. The van der Waals surface area contributed by atoms with Crippen LogP contribution in [0.15, 0.2) is 53.4 Å². The molecule has 0 aliphatic carbocycles. The molecule has 1 aromatic heterocycles. The summed E-state index contributed by atoms with van der Waals surface area (Å²) < 4.78 is 41.4. The van der Waals surface area contributed by atoms with Crippen LogP contribution in [0, 0.1) is 24.7 Å². The number of carboxylic acids is 1. The van der Waals surface area contributed by atoms with Crippen molar-refractivity contribution in [3.8, 4) is 17.1 Å². The van der Waals surface area contributed by atoms with Crippen LogP contribution in [-0.2, 0) is 14.8 Å². The van der Waals surface area contributed by atoms with E-state index in [1.54, 1.807) is 6.07 Å². The molecule has 46 heavy (non-hydrogen) atoms. The van der Waals surface area contributed by atoms with E-state index in [0.717, 1.165) is 48.6 Å². The number of nitrogens with zero attached hydrogens (tertiary/aromatic N) is 2. The standard InChI is InChI=1S/C34H46N4O6S.ClH/c1-22-10-8-11-23(2)30(22)28-17-29(37-32(36-28)38-45(41,42)27-13-9-12-24(16-27)31(39)40)44-21-25(18-33(3,4)5)35-20-26-19-34(6,7)14-15-43-26;/h8-13,16-17,25-26,35H,14-15,18-21H2,1-7H3,(H,39,40)(H,36,37,38);1H/t25-,26?;/m1./s1. The minimum Gasteiger partial charge on any atom is -0.478 e. The number of anilines is 1. The normalized spacial score (nSPS) is 17.1. The number of carboxylic acid groups (broad SMARTS) is 1. The Balaban J connectivity index is 0.00000576. The molecule has 1 saturated heterocycles. The molecule has 252 valence electrons. The maximum absolute atomic E-state index is 13.3. The second-order valence-corrected chi connectivity index (χ2v) is 15.6. The van der Waals surface area contributed by atoms with E-state index in [9.17, 15) is 18.3 Å². The zero-order valence-corrected chi connectivity index (χ0v) is 29.3. The molecule has 2 heterocycles. The van der Waals surface area contributed by atoms with Gasteiger partial charge in [-0.2, -0.15) is 4.98 Å². The highest BCUT2D eigenvalue weighted by atomic mass is 35.5. The van der Waals surface area contributed by atoms with Crippen molar-refractivity contribution in [3.05, 3.63) is 65.2 Å². The van der Waals surface area contributed by atoms with Crippen LogP contribution in [0.2, 0.25) is 0 Å². The number of halogens is 1. The molecular weight excluding hydrogens is 628 g/mol. The molecule has 4 rings (SSSR count). The van der Waals surface area contributed by atoms with Gasteiger partial charge in [-0.3, -0.25) is 0 Å². The van der Waals surface area contributed by atoms with E-state index >= 15 is 0 Å². The van der Waals surface area contributed by atoms with Gasteiger partial charge in [-0.15, -0.1) is 12.4 Å². The van der Waals surface area contributed by atoms with Gasteiger partial charge in [0, 0.05) is 30.8 Å². The van der Waals surface area contributed by atoms with Crippen molar-refractivity contribution >= 4 is 34.3 Å². The number of hydrogen-bond donors (Lipinski definition) is 3. The summed E-state index contributed by atoms with van der Waals surface area (Å²) in [5.74, 6) is -1.19. The summed E-state index contributed by atoms with van der Waals surface area (Å²) in [5, 5.41) is 13.0. The van der Waals surface area contributed by atoms with Gasteiger partial charge in [0.2, 0.25) is 11.8 Å². The van der Waals surface area contributed by atoms with Crippen LogP contribution in [0.1, 0.15) is 75.4 Å². The zero-order chi connectivity index (χ0) is 33.0. The van der Waals surface area contributed by atoms with E-state index in [4.69, 9.17) is 9.47 Å².